The molecule has 6 heteroatoms. The predicted molar refractivity (Wildman–Crippen MR) is 147 cm³/mol. The van der Waals surface area contributed by atoms with Gasteiger partial charge in [0, 0.05) is 19.2 Å². The Morgan fingerprint density at radius 3 is 2.19 bits per heavy atom. The Morgan fingerprint density at radius 1 is 0.784 bits per heavy atom. The first-order valence-corrected chi connectivity index (χ1v) is 13.4. The minimum Gasteiger partial charge on any atom is -0.497 e. The smallest absolute Gasteiger partial charge is 0.143 e. The Balaban J connectivity index is 1.28. The normalized spacial score (nSPS) is 17.6. The summed E-state index contributed by atoms with van der Waals surface area (Å²) in [4.78, 5) is 4.95. The zero-order valence-electron chi connectivity index (χ0n) is 22.0. The van der Waals surface area contributed by atoms with Crippen LogP contribution in [0.4, 0.5) is 5.69 Å². The van der Waals surface area contributed by atoms with E-state index < -0.39 is 0 Å². The molecule has 2 aliphatic rings. The maximum absolute atomic E-state index is 6.19. The SMILES string of the molecule is COc1ccc(C[C@H]2COc3ccc(OC)cc3N2Cc2ccc(OCCN3CCCCC3)cc2)cc1. The van der Waals surface area contributed by atoms with Crippen LogP contribution in [-0.2, 0) is 13.0 Å². The van der Waals surface area contributed by atoms with Crippen LogP contribution in [0.5, 0.6) is 23.0 Å². The van der Waals surface area contributed by atoms with Crippen LogP contribution >= 0.6 is 0 Å². The molecule has 3 aromatic carbocycles. The highest BCUT2D eigenvalue weighted by Gasteiger charge is 2.28. The van der Waals surface area contributed by atoms with Crippen molar-refractivity contribution in [3.05, 3.63) is 77.9 Å². The molecule has 1 saturated heterocycles. The molecule has 6 nitrogen and oxygen atoms in total. The predicted octanol–water partition coefficient (Wildman–Crippen LogP) is 5.58. The van der Waals surface area contributed by atoms with Crippen molar-refractivity contribution in [3.8, 4) is 23.0 Å². The van der Waals surface area contributed by atoms with Gasteiger partial charge in [-0.2, -0.15) is 0 Å². The van der Waals surface area contributed by atoms with E-state index in [1.807, 2.05) is 24.3 Å². The summed E-state index contributed by atoms with van der Waals surface area (Å²) in [5.74, 6) is 3.52. The number of benzene rings is 3. The number of rotatable bonds is 10. The lowest BCUT2D eigenvalue weighted by atomic mass is 10.0. The molecular formula is C31H38N2O4. The third kappa shape index (κ3) is 6.50. The molecule has 3 aromatic rings. The summed E-state index contributed by atoms with van der Waals surface area (Å²) in [6, 6.07) is 23.1. The van der Waals surface area contributed by atoms with E-state index in [0.29, 0.717) is 6.61 Å². The summed E-state index contributed by atoms with van der Waals surface area (Å²) in [6.07, 6.45) is 4.86. The number of nitrogens with zero attached hydrogens (tertiary/aromatic N) is 2. The zero-order chi connectivity index (χ0) is 25.5. The van der Waals surface area contributed by atoms with Gasteiger partial charge < -0.3 is 23.8 Å². The van der Waals surface area contributed by atoms with Crippen molar-refractivity contribution in [2.24, 2.45) is 0 Å². The Bertz CT molecular complexity index is 1130. The fourth-order valence-electron chi connectivity index (χ4n) is 5.22. The van der Waals surface area contributed by atoms with Gasteiger partial charge in [-0.15, -0.1) is 0 Å². The summed E-state index contributed by atoms with van der Waals surface area (Å²) in [6.45, 7) is 5.54. The lowest BCUT2D eigenvalue weighted by molar-refractivity contribution is 0.183. The molecule has 0 N–H and O–H groups in total. The van der Waals surface area contributed by atoms with Crippen molar-refractivity contribution in [3.63, 3.8) is 0 Å². The summed E-state index contributed by atoms with van der Waals surface area (Å²) in [7, 11) is 3.40. The van der Waals surface area contributed by atoms with E-state index in [1.165, 1.54) is 43.5 Å². The number of hydrogen-bond donors (Lipinski definition) is 0. The summed E-state index contributed by atoms with van der Waals surface area (Å²) < 4.78 is 23.1. The van der Waals surface area contributed by atoms with Crippen LogP contribution in [0, 0.1) is 0 Å². The van der Waals surface area contributed by atoms with Gasteiger partial charge in [-0.3, -0.25) is 4.90 Å². The van der Waals surface area contributed by atoms with Crippen LogP contribution in [0.3, 0.4) is 0 Å². The van der Waals surface area contributed by atoms with E-state index in [9.17, 15) is 0 Å². The number of hydrogen-bond acceptors (Lipinski definition) is 6. The van der Waals surface area contributed by atoms with Crippen molar-refractivity contribution in [2.75, 3.05) is 52.0 Å². The van der Waals surface area contributed by atoms with Gasteiger partial charge in [0.25, 0.3) is 0 Å². The summed E-state index contributed by atoms with van der Waals surface area (Å²) in [5.41, 5.74) is 3.55. The zero-order valence-corrected chi connectivity index (χ0v) is 22.0. The minimum absolute atomic E-state index is 0.188. The van der Waals surface area contributed by atoms with Crippen LogP contribution in [0.2, 0.25) is 0 Å². The molecule has 0 radical (unpaired) electrons. The summed E-state index contributed by atoms with van der Waals surface area (Å²) >= 11 is 0. The molecule has 1 atom stereocenters. The molecule has 37 heavy (non-hydrogen) atoms. The standard InChI is InChI=1S/C31H38N2O4/c1-34-27-10-6-24(7-11-27)20-26-23-37-31-15-14-29(35-2)21-30(31)33(26)22-25-8-12-28(13-9-25)36-19-18-32-16-4-3-5-17-32/h6-15,21,26H,3-5,16-20,22-23H2,1-2H3/t26-/m0/s1. The molecule has 0 amide bonds. The lowest BCUT2D eigenvalue weighted by Gasteiger charge is -2.39. The topological polar surface area (TPSA) is 43.4 Å². The monoisotopic (exact) mass is 502 g/mol. The molecule has 5 rings (SSSR count). The van der Waals surface area contributed by atoms with Crippen LogP contribution in [0.1, 0.15) is 30.4 Å². The maximum Gasteiger partial charge on any atom is 0.143 e. The number of piperidine rings is 1. The van der Waals surface area contributed by atoms with Crippen LogP contribution < -0.4 is 23.8 Å². The number of likely N-dealkylation sites (tertiary alicyclic amines) is 1. The van der Waals surface area contributed by atoms with Crippen LogP contribution in [-0.4, -0.2) is 58.0 Å². The molecule has 2 aliphatic heterocycles. The van der Waals surface area contributed by atoms with Crippen molar-refractivity contribution in [1.82, 2.24) is 4.90 Å². The largest absolute Gasteiger partial charge is 0.497 e. The summed E-state index contributed by atoms with van der Waals surface area (Å²) in [5, 5.41) is 0. The lowest BCUT2D eigenvalue weighted by Crippen LogP contribution is -2.44. The number of methoxy groups -OCH3 is 2. The third-order valence-corrected chi connectivity index (χ3v) is 7.38. The highest BCUT2D eigenvalue weighted by Crippen LogP contribution is 2.38. The molecule has 0 bridgehead atoms. The quantitative estimate of drug-likeness (QED) is 0.361. The number of anilines is 1. The first kappa shape index (κ1) is 25.3. The van der Waals surface area contributed by atoms with Crippen molar-refractivity contribution in [2.45, 2.75) is 38.3 Å². The van der Waals surface area contributed by atoms with Gasteiger partial charge in [0.15, 0.2) is 0 Å². The Hall–Kier alpha value is -3.38. The molecule has 0 aromatic heterocycles. The fourth-order valence-corrected chi connectivity index (χ4v) is 5.22. The molecule has 196 valence electrons. The van der Waals surface area contributed by atoms with Crippen LogP contribution in [0.25, 0.3) is 0 Å². The first-order chi connectivity index (χ1) is 18.2. The van der Waals surface area contributed by atoms with Gasteiger partial charge in [0.2, 0.25) is 0 Å². The molecular weight excluding hydrogens is 464 g/mol. The average molecular weight is 503 g/mol. The van der Waals surface area contributed by atoms with E-state index in [0.717, 1.165) is 54.8 Å². The second kappa shape index (κ2) is 12.2. The van der Waals surface area contributed by atoms with Gasteiger partial charge in [-0.05, 0) is 79.9 Å². The minimum atomic E-state index is 0.188. The second-order valence-electron chi connectivity index (χ2n) is 9.87. The number of ether oxygens (including phenoxy) is 4. The van der Waals surface area contributed by atoms with Gasteiger partial charge in [-0.25, -0.2) is 0 Å². The molecule has 0 unspecified atom stereocenters. The average Bonchev–Trinajstić information content (AvgIpc) is 2.96. The maximum atomic E-state index is 6.19. The van der Waals surface area contributed by atoms with Crippen LogP contribution in [0.15, 0.2) is 66.7 Å². The third-order valence-electron chi connectivity index (χ3n) is 7.38. The van der Waals surface area contributed by atoms with E-state index in [-0.39, 0.29) is 6.04 Å². The number of fused-ring (bicyclic) bond motifs is 1. The Labute approximate surface area is 220 Å². The van der Waals surface area contributed by atoms with E-state index in [4.69, 9.17) is 18.9 Å². The van der Waals surface area contributed by atoms with Crippen molar-refractivity contribution < 1.29 is 18.9 Å². The highest BCUT2D eigenvalue weighted by atomic mass is 16.5. The van der Waals surface area contributed by atoms with Gasteiger partial charge in [0.1, 0.15) is 36.2 Å². The molecule has 0 aliphatic carbocycles. The van der Waals surface area contributed by atoms with Crippen molar-refractivity contribution >= 4 is 5.69 Å². The van der Waals surface area contributed by atoms with Gasteiger partial charge in [0.05, 0.1) is 25.9 Å². The van der Waals surface area contributed by atoms with E-state index in [1.54, 1.807) is 14.2 Å². The first-order valence-electron chi connectivity index (χ1n) is 13.4. The molecule has 1 fully saturated rings. The van der Waals surface area contributed by atoms with E-state index >= 15 is 0 Å². The van der Waals surface area contributed by atoms with Gasteiger partial charge in [-0.1, -0.05) is 30.7 Å². The van der Waals surface area contributed by atoms with Crippen molar-refractivity contribution in [1.29, 1.82) is 0 Å². The molecule has 0 saturated carbocycles. The molecule has 2 heterocycles. The second-order valence-corrected chi connectivity index (χ2v) is 9.87. The van der Waals surface area contributed by atoms with Gasteiger partial charge >= 0.3 is 0 Å². The highest BCUT2D eigenvalue weighted by molar-refractivity contribution is 5.64. The van der Waals surface area contributed by atoms with E-state index in [2.05, 4.69) is 52.3 Å². The fraction of sp³-hybridized carbons (Fsp3) is 0.419. The molecule has 0 spiro atoms. The Kier molecular flexibility index (Phi) is 8.36. The Morgan fingerprint density at radius 2 is 1.46 bits per heavy atom.